The molecule has 3 heterocycles. The van der Waals surface area contributed by atoms with Crippen molar-refractivity contribution in [2.45, 2.75) is 18.5 Å². The summed E-state index contributed by atoms with van der Waals surface area (Å²) in [5, 5.41) is 0. The van der Waals surface area contributed by atoms with E-state index in [9.17, 15) is 22.4 Å². The second-order valence-electron chi connectivity index (χ2n) is 6.78. The molecule has 0 N–H and O–H groups in total. The van der Waals surface area contributed by atoms with Gasteiger partial charge in [0, 0.05) is 42.7 Å². The van der Waals surface area contributed by atoms with Gasteiger partial charge in [0.2, 0.25) is 0 Å². The summed E-state index contributed by atoms with van der Waals surface area (Å²) in [5.74, 6) is -1.76. The van der Waals surface area contributed by atoms with Crippen molar-refractivity contribution < 1.29 is 22.4 Å². The molecule has 3 aromatic heterocycles. The van der Waals surface area contributed by atoms with Gasteiger partial charge in [0.25, 0.3) is 0 Å². The van der Waals surface area contributed by atoms with E-state index in [1.54, 1.807) is 35.1 Å². The van der Waals surface area contributed by atoms with Gasteiger partial charge in [0.05, 0.1) is 11.3 Å². The van der Waals surface area contributed by atoms with E-state index in [-0.39, 0.29) is 17.9 Å². The number of carbonyl (C=O) groups excluding carboxylic acids is 1. The molecule has 0 radical (unpaired) electrons. The minimum absolute atomic E-state index is 0.00694. The van der Waals surface area contributed by atoms with E-state index in [0.29, 0.717) is 16.8 Å². The molecule has 4 nitrogen and oxygen atoms in total. The first-order valence-electron chi connectivity index (χ1n) is 9.06. The van der Waals surface area contributed by atoms with Gasteiger partial charge in [-0.05, 0) is 42.0 Å². The number of hydrogen-bond donors (Lipinski definition) is 0. The lowest BCUT2D eigenvalue weighted by Gasteiger charge is -2.18. The van der Waals surface area contributed by atoms with Gasteiger partial charge in [-0.3, -0.25) is 9.78 Å². The summed E-state index contributed by atoms with van der Waals surface area (Å²) in [6.07, 6.45) is 1.76. The van der Waals surface area contributed by atoms with Gasteiger partial charge in [-0.1, -0.05) is 12.1 Å². The summed E-state index contributed by atoms with van der Waals surface area (Å²) in [7, 11) is 0. The topological polar surface area (TPSA) is 47.3 Å². The van der Waals surface area contributed by atoms with E-state index < -0.39 is 23.5 Å². The van der Waals surface area contributed by atoms with Gasteiger partial charge >= 0.3 is 6.18 Å². The van der Waals surface area contributed by atoms with Crippen LogP contribution >= 0.6 is 0 Å². The number of pyridine rings is 2. The standard InChI is InChI=1S/C22H15F4N3O/c23-18-2-1-8-28-21(18)17(14-3-5-16(6-4-14)22(24,25)26)13-19(30)15-7-10-29-11-9-27-20(29)12-15/h1-12,17H,13H2/t17-/m0/s1. The zero-order chi connectivity index (χ0) is 21.3. The lowest BCUT2D eigenvalue weighted by Crippen LogP contribution is -2.13. The minimum Gasteiger partial charge on any atom is -0.307 e. The molecular formula is C22H15F4N3O. The Morgan fingerprint density at radius 3 is 2.47 bits per heavy atom. The monoisotopic (exact) mass is 413 g/mol. The molecule has 0 unspecified atom stereocenters. The fourth-order valence-corrected chi connectivity index (χ4v) is 3.32. The molecule has 0 aliphatic carbocycles. The molecule has 30 heavy (non-hydrogen) atoms. The number of alkyl halides is 3. The molecule has 0 amide bonds. The van der Waals surface area contributed by atoms with Crippen molar-refractivity contribution in [2.75, 3.05) is 0 Å². The molecule has 1 aromatic carbocycles. The Balaban J connectivity index is 1.70. The Labute approximate surface area is 168 Å². The van der Waals surface area contributed by atoms with Crippen LogP contribution in [0.4, 0.5) is 17.6 Å². The van der Waals surface area contributed by atoms with Gasteiger partial charge in [-0.15, -0.1) is 0 Å². The number of aromatic nitrogens is 3. The Morgan fingerprint density at radius 1 is 1.00 bits per heavy atom. The van der Waals surface area contributed by atoms with Crippen molar-refractivity contribution >= 4 is 11.4 Å². The molecule has 0 saturated heterocycles. The van der Waals surface area contributed by atoms with Crippen LogP contribution in [0.25, 0.3) is 5.65 Å². The van der Waals surface area contributed by atoms with Crippen LogP contribution in [0.3, 0.4) is 0 Å². The maximum absolute atomic E-state index is 14.4. The summed E-state index contributed by atoms with van der Waals surface area (Å²) >= 11 is 0. The van der Waals surface area contributed by atoms with Crippen molar-refractivity contribution in [1.29, 1.82) is 0 Å². The fourth-order valence-electron chi connectivity index (χ4n) is 3.32. The second kappa shape index (κ2) is 7.70. The number of nitrogens with zero attached hydrogens (tertiary/aromatic N) is 3. The predicted molar refractivity (Wildman–Crippen MR) is 102 cm³/mol. The Hall–Kier alpha value is -3.55. The molecule has 0 fully saturated rings. The van der Waals surface area contributed by atoms with Crippen LogP contribution in [0.1, 0.15) is 39.5 Å². The van der Waals surface area contributed by atoms with Crippen LogP contribution in [0.2, 0.25) is 0 Å². The lowest BCUT2D eigenvalue weighted by molar-refractivity contribution is -0.137. The maximum atomic E-state index is 14.4. The van der Waals surface area contributed by atoms with E-state index in [4.69, 9.17) is 0 Å². The zero-order valence-corrected chi connectivity index (χ0v) is 15.5. The molecule has 8 heteroatoms. The fraction of sp³-hybridized carbons (Fsp3) is 0.136. The van der Waals surface area contributed by atoms with Crippen LogP contribution in [-0.4, -0.2) is 20.2 Å². The van der Waals surface area contributed by atoms with Gasteiger partial charge < -0.3 is 4.40 Å². The van der Waals surface area contributed by atoms with Gasteiger partial charge in [0.1, 0.15) is 11.5 Å². The van der Waals surface area contributed by atoms with E-state index >= 15 is 0 Å². The molecule has 0 saturated carbocycles. The zero-order valence-electron chi connectivity index (χ0n) is 15.5. The molecule has 4 rings (SSSR count). The number of halogens is 4. The van der Waals surface area contributed by atoms with Crippen LogP contribution in [0, 0.1) is 5.82 Å². The van der Waals surface area contributed by atoms with Gasteiger partial charge in [0.15, 0.2) is 5.78 Å². The Bertz CT molecular complexity index is 1200. The molecule has 4 aromatic rings. The summed E-state index contributed by atoms with van der Waals surface area (Å²) < 4.78 is 54.9. The third-order valence-electron chi connectivity index (χ3n) is 4.87. The number of benzene rings is 1. The second-order valence-corrected chi connectivity index (χ2v) is 6.78. The molecule has 0 aliphatic rings. The summed E-state index contributed by atoms with van der Waals surface area (Å²) in [6, 6.07) is 10.2. The van der Waals surface area contributed by atoms with Crippen molar-refractivity contribution in [3.05, 3.63) is 102 Å². The first-order valence-corrected chi connectivity index (χ1v) is 9.06. The van der Waals surface area contributed by atoms with Crippen molar-refractivity contribution in [1.82, 2.24) is 14.4 Å². The van der Waals surface area contributed by atoms with E-state index in [0.717, 1.165) is 12.1 Å². The lowest BCUT2D eigenvalue weighted by atomic mass is 9.88. The van der Waals surface area contributed by atoms with Crippen LogP contribution < -0.4 is 0 Å². The number of carbonyl (C=O) groups is 1. The number of hydrogen-bond acceptors (Lipinski definition) is 3. The highest BCUT2D eigenvalue weighted by Gasteiger charge is 2.31. The minimum atomic E-state index is -4.49. The number of imidazole rings is 1. The molecular weight excluding hydrogens is 398 g/mol. The smallest absolute Gasteiger partial charge is 0.307 e. The average molecular weight is 413 g/mol. The summed E-state index contributed by atoms with van der Waals surface area (Å²) in [4.78, 5) is 21.1. The maximum Gasteiger partial charge on any atom is 0.416 e. The highest BCUT2D eigenvalue weighted by molar-refractivity contribution is 5.97. The quantitative estimate of drug-likeness (QED) is 0.330. The van der Waals surface area contributed by atoms with Gasteiger partial charge in [-0.25, -0.2) is 9.37 Å². The Morgan fingerprint density at radius 2 is 1.77 bits per heavy atom. The highest BCUT2D eigenvalue weighted by atomic mass is 19.4. The van der Waals surface area contributed by atoms with Gasteiger partial charge in [-0.2, -0.15) is 13.2 Å². The van der Waals surface area contributed by atoms with Crippen LogP contribution in [0.5, 0.6) is 0 Å². The van der Waals surface area contributed by atoms with Crippen molar-refractivity contribution in [2.24, 2.45) is 0 Å². The number of Topliss-reactive ketones (excluding diaryl/α,β-unsaturated/α-hetero) is 1. The van der Waals surface area contributed by atoms with E-state index in [2.05, 4.69) is 9.97 Å². The van der Waals surface area contributed by atoms with Crippen LogP contribution in [0.15, 0.2) is 73.3 Å². The molecule has 0 bridgehead atoms. The average Bonchev–Trinajstić information content (AvgIpc) is 3.20. The summed E-state index contributed by atoms with van der Waals surface area (Å²) in [6.45, 7) is 0. The molecule has 152 valence electrons. The predicted octanol–water partition coefficient (Wildman–Crippen LogP) is 5.29. The van der Waals surface area contributed by atoms with Crippen LogP contribution in [-0.2, 0) is 6.18 Å². The first-order chi connectivity index (χ1) is 14.3. The first kappa shape index (κ1) is 19.8. The number of rotatable bonds is 5. The third-order valence-corrected chi connectivity index (χ3v) is 4.87. The van der Waals surface area contributed by atoms with E-state index in [1.165, 1.54) is 30.5 Å². The van der Waals surface area contributed by atoms with Crippen molar-refractivity contribution in [3.63, 3.8) is 0 Å². The summed E-state index contributed by atoms with van der Waals surface area (Å²) in [5.41, 5.74) is 0.517. The molecule has 0 spiro atoms. The largest absolute Gasteiger partial charge is 0.416 e. The van der Waals surface area contributed by atoms with Crippen molar-refractivity contribution in [3.8, 4) is 0 Å². The SMILES string of the molecule is O=C(C[C@@H](c1ccc(C(F)(F)F)cc1)c1ncccc1F)c1ccn2ccnc2c1. The highest BCUT2D eigenvalue weighted by Crippen LogP contribution is 2.34. The van der Waals surface area contributed by atoms with E-state index in [1.807, 2.05) is 0 Å². The number of fused-ring (bicyclic) bond motifs is 1. The third kappa shape index (κ3) is 3.94. The number of ketones is 1. The normalized spacial score (nSPS) is 12.8. The molecule has 1 atom stereocenters. The Kier molecular flexibility index (Phi) is 5.07. The molecule has 0 aliphatic heterocycles.